The lowest BCUT2D eigenvalue weighted by Crippen LogP contribution is -2.35. The molecule has 1 aliphatic heterocycles. The number of sulfone groups is 1. The van der Waals surface area contributed by atoms with Crippen LogP contribution in [-0.4, -0.2) is 48.5 Å². The molecule has 0 spiro atoms. The van der Waals surface area contributed by atoms with Gasteiger partial charge in [-0.15, -0.1) is 0 Å². The third kappa shape index (κ3) is 3.86. The largest absolute Gasteiger partial charge is 0.497 e. The van der Waals surface area contributed by atoms with Gasteiger partial charge in [0.05, 0.1) is 35.2 Å². The molecule has 0 aliphatic carbocycles. The van der Waals surface area contributed by atoms with Crippen LogP contribution in [0, 0.1) is 0 Å². The first-order valence-corrected chi connectivity index (χ1v) is 10.9. The van der Waals surface area contributed by atoms with Crippen molar-refractivity contribution in [2.75, 3.05) is 18.6 Å². The monoisotopic (exact) mass is 413 g/mol. The summed E-state index contributed by atoms with van der Waals surface area (Å²) in [6, 6.07) is 11.3. The van der Waals surface area contributed by atoms with Crippen molar-refractivity contribution in [3.63, 3.8) is 0 Å². The Morgan fingerprint density at radius 1 is 1.21 bits per heavy atom. The topological polar surface area (TPSA) is 107 Å². The normalized spacial score (nSPS) is 17.9. The fraction of sp³-hybridized carbons (Fsp3) is 0.250. The van der Waals surface area contributed by atoms with E-state index in [-0.39, 0.29) is 29.0 Å². The number of nitrogens with zero attached hydrogens (tertiary/aromatic N) is 2. The van der Waals surface area contributed by atoms with E-state index < -0.39 is 9.84 Å². The molecule has 0 radical (unpaired) electrons. The summed E-state index contributed by atoms with van der Waals surface area (Å²) in [7, 11) is -1.51. The third-order valence-electron chi connectivity index (χ3n) is 4.94. The first-order chi connectivity index (χ1) is 13.9. The Bertz CT molecular complexity index is 1250. The molecule has 4 rings (SSSR count). The number of methoxy groups -OCH3 is 1. The number of hydrogen-bond acceptors (Lipinski definition) is 6. The molecule has 0 bridgehead atoms. The Balaban J connectivity index is 1.61. The van der Waals surface area contributed by atoms with Crippen LogP contribution in [0.1, 0.15) is 16.8 Å². The van der Waals surface area contributed by atoms with E-state index in [1.54, 1.807) is 43.5 Å². The second kappa shape index (κ2) is 7.32. The first-order valence-electron chi connectivity index (χ1n) is 9.03. The maximum Gasteiger partial charge on any atom is 0.265 e. The van der Waals surface area contributed by atoms with Crippen LogP contribution in [0.25, 0.3) is 16.6 Å². The molecular formula is C20H19N3O5S. The van der Waals surface area contributed by atoms with Crippen LogP contribution in [0.3, 0.4) is 0 Å². The van der Waals surface area contributed by atoms with Crippen molar-refractivity contribution >= 4 is 26.6 Å². The Morgan fingerprint density at radius 2 is 1.97 bits per heavy atom. The molecule has 1 N–H and O–H groups in total. The van der Waals surface area contributed by atoms with Crippen molar-refractivity contribution < 1.29 is 17.9 Å². The number of ether oxygens (including phenoxy) is 1. The predicted octanol–water partition coefficient (Wildman–Crippen LogP) is 1.31. The van der Waals surface area contributed by atoms with Gasteiger partial charge in [0.2, 0.25) is 0 Å². The van der Waals surface area contributed by atoms with Gasteiger partial charge in [-0.05, 0) is 48.9 Å². The van der Waals surface area contributed by atoms with Gasteiger partial charge in [0, 0.05) is 11.6 Å². The molecule has 0 unspecified atom stereocenters. The summed E-state index contributed by atoms with van der Waals surface area (Å²) in [5.41, 5.74) is 1.12. The van der Waals surface area contributed by atoms with Gasteiger partial charge < -0.3 is 10.1 Å². The lowest BCUT2D eigenvalue weighted by molar-refractivity contribution is 0.0941. The van der Waals surface area contributed by atoms with E-state index in [0.29, 0.717) is 34.3 Å². The summed E-state index contributed by atoms with van der Waals surface area (Å²) < 4.78 is 29.6. The van der Waals surface area contributed by atoms with E-state index in [1.165, 1.54) is 17.0 Å². The minimum Gasteiger partial charge on any atom is -0.497 e. The highest BCUT2D eigenvalue weighted by Crippen LogP contribution is 2.16. The van der Waals surface area contributed by atoms with Gasteiger partial charge in [0.1, 0.15) is 12.1 Å². The lowest BCUT2D eigenvalue weighted by atomic mass is 10.1. The quantitative estimate of drug-likeness (QED) is 0.691. The summed E-state index contributed by atoms with van der Waals surface area (Å²) in [5, 5.41) is 3.12. The number of carbonyl (C=O) groups excluding carboxylic acids is 1. The predicted molar refractivity (Wildman–Crippen MR) is 108 cm³/mol. The molecule has 8 nitrogen and oxygen atoms in total. The van der Waals surface area contributed by atoms with Gasteiger partial charge in [-0.25, -0.2) is 13.4 Å². The molecule has 1 amide bonds. The van der Waals surface area contributed by atoms with E-state index in [0.717, 1.165) is 0 Å². The van der Waals surface area contributed by atoms with Gasteiger partial charge in [-0.1, -0.05) is 0 Å². The highest BCUT2D eigenvalue weighted by atomic mass is 32.2. The number of nitrogens with one attached hydrogen (secondary N) is 1. The number of fused-ring (bicyclic) bond motifs is 1. The number of aromatic nitrogens is 2. The molecule has 0 saturated carbocycles. The molecule has 2 aromatic carbocycles. The van der Waals surface area contributed by atoms with Gasteiger partial charge in [0.15, 0.2) is 9.84 Å². The van der Waals surface area contributed by atoms with Crippen LogP contribution in [-0.2, 0) is 9.84 Å². The molecule has 1 fully saturated rings. The van der Waals surface area contributed by atoms with Crippen LogP contribution < -0.4 is 15.6 Å². The highest BCUT2D eigenvalue weighted by molar-refractivity contribution is 7.91. The summed E-state index contributed by atoms with van der Waals surface area (Å²) in [4.78, 5) is 29.6. The van der Waals surface area contributed by atoms with Crippen molar-refractivity contribution in [2.45, 2.75) is 12.5 Å². The average Bonchev–Trinajstić information content (AvgIpc) is 3.06. The Kier molecular flexibility index (Phi) is 4.83. The van der Waals surface area contributed by atoms with E-state index in [4.69, 9.17) is 4.74 Å². The zero-order valence-electron chi connectivity index (χ0n) is 15.7. The third-order valence-corrected chi connectivity index (χ3v) is 6.71. The number of benzene rings is 2. The van der Waals surface area contributed by atoms with E-state index in [1.807, 2.05) is 0 Å². The van der Waals surface area contributed by atoms with Gasteiger partial charge in [-0.2, -0.15) is 0 Å². The van der Waals surface area contributed by atoms with Crippen LogP contribution in [0.4, 0.5) is 0 Å². The van der Waals surface area contributed by atoms with Gasteiger partial charge >= 0.3 is 0 Å². The fourth-order valence-corrected chi connectivity index (χ4v) is 5.04. The molecule has 2 heterocycles. The molecular weight excluding hydrogens is 394 g/mol. The van der Waals surface area contributed by atoms with Crippen molar-refractivity contribution in [3.8, 4) is 11.4 Å². The summed E-state index contributed by atoms with van der Waals surface area (Å²) in [6.45, 7) is 0. The van der Waals surface area contributed by atoms with E-state index in [9.17, 15) is 18.0 Å². The Morgan fingerprint density at radius 3 is 2.62 bits per heavy atom. The average molecular weight is 413 g/mol. The van der Waals surface area contributed by atoms with Gasteiger partial charge in [0.25, 0.3) is 11.5 Å². The Hall–Kier alpha value is -3.20. The SMILES string of the molecule is COc1ccc(-n2cnc3cc(C(=O)N[C@H]4CCS(=O)(=O)C4)ccc3c2=O)cc1. The standard InChI is InChI=1S/C20H19N3O5S/c1-28-16-5-3-15(4-6-16)23-12-21-18-10-13(2-7-17(18)20(23)25)19(24)22-14-8-9-29(26,27)11-14/h2-7,10,12,14H,8-9,11H2,1H3,(H,22,24)/t14-/m0/s1. The second-order valence-corrected chi connectivity index (χ2v) is 9.15. The zero-order chi connectivity index (χ0) is 20.6. The van der Waals surface area contributed by atoms with Crippen molar-refractivity contribution in [1.82, 2.24) is 14.9 Å². The lowest BCUT2D eigenvalue weighted by Gasteiger charge is -2.11. The van der Waals surface area contributed by atoms with Crippen molar-refractivity contribution in [2.24, 2.45) is 0 Å². The highest BCUT2D eigenvalue weighted by Gasteiger charge is 2.29. The molecule has 1 atom stereocenters. The minimum atomic E-state index is -3.08. The molecule has 150 valence electrons. The maximum atomic E-state index is 12.8. The van der Waals surface area contributed by atoms with Crippen molar-refractivity contribution in [3.05, 3.63) is 64.7 Å². The fourth-order valence-electron chi connectivity index (χ4n) is 3.37. The van der Waals surface area contributed by atoms with Gasteiger partial charge in [-0.3, -0.25) is 14.2 Å². The molecule has 3 aromatic rings. The van der Waals surface area contributed by atoms with Crippen molar-refractivity contribution in [1.29, 1.82) is 0 Å². The number of carbonyl (C=O) groups is 1. The summed E-state index contributed by atoms with van der Waals surface area (Å²) >= 11 is 0. The van der Waals surface area contributed by atoms with Crippen LogP contribution in [0.15, 0.2) is 53.6 Å². The van der Waals surface area contributed by atoms with Crippen LogP contribution in [0.2, 0.25) is 0 Å². The summed E-state index contributed by atoms with van der Waals surface area (Å²) in [6.07, 6.45) is 1.82. The molecule has 1 aliphatic rings. The van der Waals surface area contributed by atoms with E-state index >= 15 is 0 Å². The molecule has 1 aromatic heterocycles. The second-order valence-electron chi connectivity index (χ2n) is 6.92. The van der Waals surface area contributed by atoms with Crippen LogP contribution >= 0.6 is 0 Å². The molecule has 1 saturated heterocycles. The van der Waals surface area contributed by atoms with E-state index in [2.05, 4.69) is 10.3 Å². The maximum absolute atomic E-state index is 12.8. The smallest absolute Gasteiger partial charge is 0.265 e. The Labute approximate surface area is 167 Å². The molecule has 9 heteroatoms. The zero-order valence-corrected chi connectivity index (χ0v) is 16.5. The number of amides is 1. The number of rotatable bonds is 4. The summed E-state index contributed by atoms with van der Waals surface area (Å²) in [5.74, 6) is 0.343. The minimum absolute atomic E-state index is 0.0445. The number of hydrogen-bond donors (Lipinski definition) is 1. The van der Waals surface area contributed by atoms with Crippen LogP contribution in [0.5, 0.6) is 5.75 Å². The molecule has 29 heavy (non-hydrogen) atoms. The first kappa shape index (κ1) is 19.1.